The highest BCUT2D eigenvalue weighted by Gasteiger charge is 2.54. The monoisotopic (exact) mass is 280 g/mol. The fraction of sp³-hybridized carbons (Fsp3) is 1.00. The molecule has 3 fully saturated rings. The number of rotatable bonds is 6. The van der Waals surface area contributed by atoms with E-state index in [2.05, 4.69) is 45.0 Å². The van der Waals surface area contributed by atoms with Gasteiger partial charge in [0, 0.05) is 31.1 Å². The number of nitrogens with zero attached hydrogens (tertiary/aromatic N) is 1. The van der Waals surface area contributed by atoms with E-state index in [-0.39, 0.29) is 11.2 Å². The molecule has 0 spiro atoms. The number of ether oxygens (including phenoxy) is 1. The van der Waals surface area contributed by atoms with Gasteiger partial charge in [0.1, 0.15) is 0 Å². The van der Waals surface area contributed by atoms with Gasteiger partial charge in [-0.2, -0.15) is 0 Å². The lowest BCUT2D eigenvalue weighted by atomic mass is 9.82. The minimum absolute atomic E-state index is 0.0339. The van der Waals surface area contributed by atoms with Crippen LogP contribution in [0.3, 0.4) is 0 Å². The summed E-state index contributed by atoms with van der Waals surface area (Å²) in [6.07, 6.45) is 5.73. The van der Waals surface area contributed by atoms with E-state index in [1.54, 1.807) is 0 Å². The largest absolute Gasteiger partial charge is 0.368 e. The molecule has 3 nitrogen and oxygen atoms in total. The van der Waals surface area contributed by atoms with Crippen molar-refractivity contribution in [1.82, 2.24) is 10.2 Å². The van der Waals surface area contributed by atoms with Crippen LogP contribution in [0.1, 0.15) is 53.4 Å². The maximum atomic E-state index is 6.38. The standard InChI is InChI=1S/C17H32N2O/c1-16(2)14(15(18-5)17(3,4)20-16)11-19(13-8-9-13)10-12-6-7-12/h12-15,18H,6-11H2,1-5H3. The SMILES string of the molecule is CNC1C(CN(CC2CC2)C2CC2)C(C)(C)OC1(C)C. The molecule has 0 aromatic heterocycles. The van der Waals surface area contributed by atoms with Crippen LogP contribution >= 0.6 is 0 Å². The smallest absolute Gasteiger partial charge is 0.0790 e. The van der Waals surface area contributed by atoms with Crippen LogP contribution < -0.4 is 5.32 Å². The van der Waals surface area contributed by atoms with Crippen molar-refractivity contribution >= 4 is 0 Å². The van der Waals surface area contributed by atoms with Crippen molar-refractivity contribution in [3.8, 4) is 0 Å². The predicted molar refractivity (Wildman–Crippen MR) is 82.9 cm³/mol. The summed E-state index contributed by atoms with van der Waals surface area (Å²) in [6, 6.07) is 1.31. The summed E-state index contributed by atoms with van der Waals surface area (Å²) in [5, 5.41) is 3.54. The van der Waals surface area contributed by atoms with E-state index in [0.29, 0.717) is 12.0 Å². The zero-order chi connectivity index (χ0) is 14.5. The first-order chi connectivity index (χ1) is 9.33. The minimum atomic E-state index is -0.0717. The molecule has 0 radical (unpaired) electrons. The Balaban J connectivity index is 1.72. The number of hydrogen-bond acceptors (Lipinski definition) is 3. The minimum Gasteiger partial charge on any atom is -0.368 e. The molecule has 1 heterocycles. The van der Waals surface area contributed by atoms with Gasteiger partial charge < -0.3 is 10.1 Å². The van der Waals surface area contributed by atoms with E-state index >= 15 is 0 Å². The first-order valence-corrected chi connectivity index (χ1v) is 8.45. The Hall–Kier alpha value is -0.120. The first kappa shape index (κ1) is 14.8. The molecule has 3 heteroatoms. The van der Waals surface area contributed by atoms with E-state index in [1.165, 1.54) is 38.8 Å². The van der Waals surface area contributed by atoms with E-state index in [4.69, 9.17) is 4.74 Å². The molecule has 2 unspecified atom stereocenters. The third-order valence-corrected chi connectivity index (χ3v) is 5.57. The maximum Gasteiger partial charge on any atom is 0.0790 e. The zero-order valence-corrected chi connectivity index (χ0v) is 13.9. The Morgan fingerprint density at radius 1 is 1.00 bits per heavy atom. The lowest BCUT2D eigenvalue weighted by Gasteiger charge is -2.34. The molecule has 2 saturated carbocycles. The fourth-order valence-corrected chi connectivity index (χ4v) is 4.27. The normalized spacial score (nSPS) is 35.7. The van der Waals surface area contributed by atoms with Crippen molar-refractivity contribution < 1.29 is 4.74 Å². The predicted octanol–water partition coefficient (Wildman–Crippen LogP) is 2.65. The average Bonchev–Trinajstić information content (AvgIpc) is 3.18. The van der Waals surface area contributed by atoms with Gasteiger partial charge in [0.15, 0.2) is 0 Å². The third-order valence-electron chi connectivity index (χ3n) is 5.57. The van der Waals surface area contributed by atoms with Gasteiger partial charge in [0.25, 0.3) is 0 Å². The van der Waals surface area contributed by atoms with Crippen LogP contribution in [0.4, 0.5) is 0 Å². The maximum absolute atomic E-state index is 6.38. The summed E-state index contributed by atoms with van der Waals surface area (Å²) in [5.41, 5.74) is -0.106. The van der Waals surface area contributed by atoms with Gasteiger partial charge in [-0.3, -0.25) is 4.90 Å². The van der Waals surface area contributed by atoms with Gasteiger partial charge in [0.2, 0.25) is 0 Å². The molecular formula is C17H32N2O. The van der Waals surface area contributed by atoms with Crippen molar-refractivity contribution in [3.05, 3.63) is 0 Å². The van der Waals surface area contributed by atoms with Crippen LogP contribution in [0.5, 0.6) is 0 Å². The van der Waals surface area contributed by atoms with Crippen molar-refractivity contribution in [2.45, 2.75) is 76.7 Å². The summed E-state index contributed by atoms with van der Waals surface area (Å²) in [7, 11) is 2.09. The molecule has 116 valence electrons. The van der Waals surface area contributed by atoms with Gasteiger partial charge in [-0.05, 0) is 66.3 Å². The van der Waals surface area contributed by atoms with Gasteiger partial charge in [-0.15, -0.1) is 0 Å². The van der Waals surface area contributed by atoms with Crippen LogP contribution in [0.25, 0.3) is 0 Å². The lowest BCUT2D eigenvalue weighted by molar-refractivity contribution is -0.0796. The quantitative estimate of drug-likeness (QED) is 0.809. The average molecular weight is 280 g/mol. The van der Waals surface area contributed by atoms with Crippen LogP contribution in [0, 0.1) is 11.8 Å². The molecule has 3 rings (SSSR count). The summed E-state index contributed by atoms with van der Waals surface area (Å²) in [6.45, 7) is 11.5. The summed E-state index contributed by atoms with van der Waals surface area (Å²) >= 11 is 0. The Kier molecular flexibility index (Phi) is 3.67. The van der Waals surface area contributed by atoms with Crippen LogP contribution in [0.2, 0.25) is 0 Å². The molecule has 1 saturated heterocycles. The Morgan fingerprint density at radius 2 is 1.65 bits per heavy atom. The summed E-state index contributed by atoms with van der Waals surface area (Å²) < 4.78 is 6.38. The highest BCUT2D eigenvalue weighted by atomic mass is 16.5. The van der Waals surface area contributed by atoms with Crippen LogP contribution in [-0.4, -0.2) is 48.3 Å². The van der Waals surface area contributed by atoms with E-state index in [9.17, 15) is 0 Å². The van der Waals surface area contributed by atoms with Gasteiger partial charge >= 0.3 is 0 Å². The molecule has 3 aliphatic rings. The second kappa shape index (κ2) is 4.96. The van der Waals surface area contributed by atoms with Gasteiger partial charge in [-0.1, -0.05) is 0 Å². The van der Waals surface area contributed by atoms with E-state index in [0.717, 1.165) is 12.0 Å². The van der Waals surface area contributed by atoms with Crippen LogP contribution in [0.15, 0.2) is 0 Å². The molecule has 0 aromatic rings. The molecule has 20 heavy (non-hydrogen) atoms. The Labute approximate surface area is 124 Å². The van der Waals surface area contributed by atoms with E-state index < -0.39 is 0 Å². The summed E-state index contributed by atoms with van der Waals surface area (Å²) in [4.78, 5) is 2.78. The fourth-order valence-electron chi connectivity index (χ4n) is 4.27. The molecule has 1 N–H and O–H groups in total. The number of nitrogens with one attached hydrogen (secondary N) is 1. The highest BCUT2D eigenvalue weighted by molar-refractivity contribution is 5.06. The molecule has 2 aliphatic carbocycles. The second-order valence-corrected chi connectivity index (χ2v) is 8.31. The highest BCUT2D eigenvalue weighted by Crippen LogP contribution is 2.44. The van der Waals surface area contributed by atoms with Crippen molar-refractivity contribution in [2.75, 3.05) is 20.1 Å². The Morgan fingerprint density at radius 3 is 2.15 bits per heavy atom. The second-order valence-electron chi connectivity index (χ2n) is 8.31. The van der Waals surface area contributed by atoms with Crippen molar-refractivity contribution in [2.24, 2.45) is 11.8 Å². The Bertz CT molecular complexity index is 358. The molecule has 0 bridgehead atoms. The van der Waals surface area contributed by atoms with Gasteiger partial charge in [-0.25, -0.2) is 0 Å². The van der Waals surface area contributed by atoms with Crippen LogP contribution in [-0.2, 0) is 4.74 Å². The summed E-state index contributed by atoms with van der Waals surface area (Å²) in [5.74, 6) is 1.56. The lowest BCUT2D eigenvalue weighted by Crippen LogP contribution is -2.50. The molecular weight excluding hydrogens is 248 g/mol. The first-order valence-electron chi connectivity index (χ1n) is 8.45. The zero-order valence-electron chi connectivity index (χ0n) is 13.9. The molecule has 1 aliphatic heterocycles. The number of likely N-dealkylation sites (N-methyl/N-ethyl adjacent to an activating group) is 1. The molecule has 2 atom stereocenters. The number of hydrogen-bond donors (Lipinski definition) is 1. The van der Waals surface area contributed by atoms with Gasteiger partial charge in [0.05, 0.1) is 11.2 Å². The molecule has 0 aromatic carbocycles. The third kappa shape index (κ3) is 2.90. The van der Waals surface area contributed by atoms with Crippen molar-refractivity contribution in [1.29, 1.82) is 0 Å². The molecule has 0 amide bonds. The van der Waals surface area contributed by atoms with E-state index in [1.807, 2.05) is 0 Å². The van der Waals surface area contributed by atoms with Crippen molar-refractivity contribution in [3.63, 3.8) is 0 Å². The topological polar surface area (TPSA) is 24.5 Å².